The number of nitrogens with one attached hydrogen (secondary N) is 2. The summed E-state index contributed by atoms with van der Waals surface area (Å²) in [6.45, 7) is 0. The van der Waals surface area contributed by atoms with Crippen molar-refractivity contribution in [3.05, 3.63) is 53.5 Å². The van der Waals surface area contributed by atoms with Crippen LogP contribution in [0.2, 0.25) is 0 Å². The van der Waals surface area contributed by atoms with Crippen molar-refractivity contribution in [3.63, 3.8) is 0 Å². The number of hydrogen-bond donors (Lipinski definition) is 3. The molecule has 4 rings (SSSR count). The molecule has 0 radical (unpaired) electrons. The second-order valence-electron chi connectivity index (χ2n) is 6.40. The second-order valence-corrected chi connectivity index (χ2v) is 7.40. The maximum Gasteiger partial charge on any atom is 0.228 e. The summed E-state index contributed by atoms with van der Waals surface area (Å²) >= 11 is 1.39. The van der Waals surface area contributed by atoms with Crippen LogP contribution in [-0.4, -0.2) is 28.0 Å². The van der Waals surface area contributed by atoms with Crippen LogP contribution in [0.15, 0.2) is 53.7 Å². The molecule has 0 spiro atoms. The van der Waals surface area contributed by atoms with Crippen LogP contribution in [0.3, 0.4) is 0 Å². The van der Waals surface area contributed by atoms with Crippen molar-refractivity contribution >= 4 is 35.2 Å². The van der Waals surface area contributed by atoms with E-state index >= 15 is 0 Å². The number of anilines is 1. The molecule has 2 heterocycles. The standard InChI is InChI=1S/C20H18N6OS/c21-11-24-18(22)17-16(12-4-2-1-3-5-12)26-20(28-17)14-8-9-23-15(10-14)25-19(27)13-6-7-13/h1-5,8-11,13H,6-7H2,(H3,21,22,24)(H,23,25,27). The average Bonchev–Trinajstić information content (AvgIpc) is 3.47. The number of carbonyl (C=O) groups excluding carboxylic acids is 1. The number of carbonyl (C=O) groups is 1. The van der Waals surface area contributed by atoms with Crippen LogP contribution in [0.5, 0.6) is 0 Å². The molecule has 3 aromatic rings. The topological polar surface area (TPSA) is 117 Å². The molecular formula is C20H18N6OS. The van der Waals surface area contributed by atoms with Crippen LogP contribution in [0.25, 0.3) is 21.8 Å². The van der Waals surface area contributed by atoms with Gasteiger partial charge in [0, 0.05) is 23.2 Å². The molecule has 0 atom stereocenters. The van der Waals surface area contributed by atoms with Gasteiger partial charge in [0.1, 0.15) is 23.0 Å². The third-order valence-electron chi connectivity index (χ3n) is 4.32. The van der Waals surface area contributed by atoms with Gasteiger partial charge in [0.2, 0.25) is 5.91 Å². The Morgan fingerprint density at radius 2 is 2.04 bits per heavy atom. The number of hydrogen-bond acceptors (Lipinski definition) is 5. The van der Waals surface area contributed by atoms with Crippen LogP contribution >= 0.6 is 11.3 Å². The lowest BCUT2D eigenvalue weighted by atomic mass is 10.1. The molecule has 0 bridgehead atoms. The van der Waals surface area contributed by atoms with Crippen molar-refractivity contribution in [1.29, 1.82) is 5.41 Å². The first-order valence-corrected chi connectivity index (χ1v) is 9.63. The highest BCUT2D eigenvalue weighted by molar-refractivity contribution is 7.17. The molecule has 0 saturated heterocycles. The molecule has 0 aliphatic heterocycles. The minimum atomic E-state index is 0.0109. The van der Waals surface area contributed by atoms with Gasteiger partial charge in [0.05, 0.1) is 10.6 Å². The first-order chi connectivity index (χ1) is 13.7. The fraction of sp³-hybridized carbons (Fsp3) is 0.150. The zero-order valence-corrected chi connectivity index (χ0v) is 15.7. The van der Waals surface area contributed by atoms with E-state index in [9.17, 15) is 4.79 Å². The highest BCUT2D eigenvalue weighted by Gasteiger charge is 2.29. The van der Waals surface area contributed by atoms with Gasteiger partial charge in [0.15, 0.2) is 0 Å². The molecule has 28 heavy (non-hydrogen) atoms. The Bertz CT molecular complexity index is 1060. The van der Waals surface area contributed by atoms with Gasteiger partial charge < -0.3 is 11.1 Å². The number of aromatic nitrogens is 2. The zero-order valence-electron chi connectivity index (χ0n) is 14.9. The summed E-state index contributed by atoms with van der Waals surface area (Å²) in [7, 11) is 0. The maximum absolute atomic E-state index is 12.0. The van der Waals surface area contributed by atoms with Crippen molar-refractivity contribution in [2.24, 2.45) is 16.6 Å². The Hall–Kier alpha value is -3.39. The molecule has 140 valence electrons. The molecule has 1 aliphatic carbocycles. The molecule has 1 aromatic carbocycles. The molecule has 1 amide bonds. The van der Waals surface area contributed by atoms with Gasteiger partial charge >= 0.3 is 0 Å². The molecule has 1 aliphatic rings. The van der Waals surface area contributed by atoms with Gasteiger partial charge in [0.25, 0.3) is 0 Å². The molecule has 4 N–H and O–H groups in total. The summed E-state index contributed by atoms with van der Waals surface area (Å²) in [5, 5.41) is 10.8. The largest absolute Gasteiger partial charge is 0.382 e. The Morgan fingerprint density at radius 3 is 2.75 bits per heavy atom. The van der Waals surface area contributed by atoms with Gasteiger partial charge in [-0.25, -0.2) is 15.0 Å². The monoisotopic (exact) mass is 390 g/mol. The summed E-state index contributed by atoms with van der Waals surface area (Å²) in [6, 6.07) is 13.3. The predicted octanol–water partition coefficient (Wildman–Crippen LogP) is 3.53. The molecule has 8 heteroatoms. The lowest BCUT2D eigenvalue weighted by molar-refractivity contribution is -0.117. The Labute approximate surface area is 165 Å². The number of thiazole rings is 1. The summed E-state index contributed by atoms with van der Waals surface area (Å²) in [6.07, 6.45) is 4.44. The van der Waals surface area contributed by atoms with E-state index in [0.29, 0.717) is 16.4 Å². The van der Waals surface area contributed by atoms with Crippen molar-refractivity contribution in [2.45, 2.75) is 12.8 Å². The van der Waals surface area contributed by atoms with Gasteiger partial charge in [-0.1, -0.05) is 30.3 Å². The van der Waals surface area contributed by atoms with Gasteiger partial charge in [-0.05, 0) is 25.0 Å². The third-order valence-corrected chi connectivity index (χ3v) is 5.44. The molecule has 1 saturated carbocycles. The number of amides is 1. The van der Waals surface area contributed by atoms with Gasteiger partial charge in [-0.2, -0.15) is 0 Å². The van der Waals surface area contributed by atoms with Crippen molar-refractivity contribution in [1.82, 2.24) is 9.97 Å². The van der Waals surface area contributed by atoms with E-state index in [0.717, 1.165) is 35.3 Å². The minimum Gasteiger partial charge on any atom is -0.382 e. The lowest BCUT2D eigenvalue weighted by Gasteiger charge is -2.04. The average molecular weight is 390 g/mol. The Morgan fingerprint density at radius 1 is 1.25 bits per heavy atom. The normalized spacial score (nSPS) is 13.9. The van der Waals surface area contributed by atoms with E-state index in [1.165, 1.54) is 11.3 Å². The number of rotatable bonds is 6. The van der Waals surface area contributed by atoms with Crippen molar-refractivity contribution in [2.75, 3.05) is 5.32 Å². The van der Waals surface area contributed by atoms with Gasteiger partial charge in [-0.15, -0.1) is 11.3 Å². The molecule has 7 nitrogen and oxygen atoms in total. The summed E-state index contributed by atoms with van der Waals surface area (Å²) < 4.78 is 0. The fourth-order valence-electron chi connectivity index (χ4n) is 2.74. The summed E-state index contributed by atoms with van der Waals surface area (Å²) in [5.41, 5.74) is 8.53. The molecule has 2 aromatic heterocycles. The van der Waals surface area contributed by atoms with E-state index in [1.807, 2.05) is 42.5 Å². The first kappa shape index (κ1) is 18.0. The van der Waals surface area contributed by atoms with Crippen LogP contribution in [0.4, 0.5) is 5.82 Å². The number of pyridine rings is 1. The quantitative estimate of drug-likeness (QED) is 0.441. The number of benzene rings is 1. The minimum absolute atomic E-state index is 0.0109. The number of aliphatic imine (C=N–C) groups is 1. The highest BCUT2D eigenvalue weighted by Crippen LogP contribution is 2.35. The van der Waals surface area contributed by atoms with E-state index in [1.54, 1.807) is 6.20 Å². The Kier molecular flexibility index (Phi) is 4.94. The highest BCUT2D eigenvalue weighted by atomic mass is 32.1. The SMILES string of the molecule is N=CN=C(N)c1sc(-c2ccnc(NC(=O)C3CC3)c2)nc1-c1ccccc1. The maximum atomic E-state index is 12.0. The van der Waals surface area contributed by atoms with Crippen LogP contribution < -0.4 is 11.1 Å². The van der Waals surface area contributed by atoms with Crippen LogP contribution in [0, 0.1) is 11.3 Å². The Balaban J connectivity index is 1.73. The lowest BCUT2D eigenvalue weighted by Crippen LogP contribution is -2.14. The van der Waals surface area contributed by atoms with Crippen molar-refractivity contribution in [3.8, 4) is 21.8 Å². The van der Waals surface area contributed by atoms with E-state index in [-0.39, 0.29) is 17.7 Å². The predicted molar refractivity (Wildman–Crippen MR) is 112 cm³/mol. The number of amidine groups is 1. The van der Waals surface area contributed by atoms with E-state index in [4.69, 9.17) is 16.1 Å². The molecule has 1 fully saturated rings. The molecule has 0 unspecified atom stereocenters. The summed E-state index contributed by atoms with van der Waals surface area (Å²) in [5.74, 6) is 0.873. The van der Waals surface area contributed by atoms with E-state index in [2.05, 4.69) is 15.3 Å². The fourth-order valence-corrected chi connectivity index (χ4v) is 3.74. The third kappa shape index (κ3) is 3.81. The number of nitrogens with two attached hydrogens (primary N) is 1. The van der Waals surface area contributed by atoms with E-state index < -0.39 is 0 Å². The smallest absolute Gasteiger partial charge is 0.228 e. The van der Waals surface area contributed by atoms with Gasteiger partial charge in [-0.3, -0.25) is 10.2 Å². The van der Waals surface area contributed by atoms with Crippen LogP contribution in [0.1, 0.15) is 17.7 Å². The van der Waals surface area contributed by atoms with Crippen LogP contribution in [-0.2, 0) is 4.79 Å². The summed E-state index contributed by atoms with van der Waals surface area (Å²) in [4.78, 5) is 25.6. The number of nitrogens with zero attached hydrogens (tertiary/aromatic N) is 3. The zero-order chi connectivity index (χ0) is 19.5. The second kappa shape index (κ2) is 7.69. The van der Waals surface area contributed by atoms with Crippen molar-refractivity contribution < 1.29 is 4.79 Å². The molecular weight excluding hydrogens is 372 g/mol. The first-order valence-electron chi connectivity index (χ1n) is 8.82.